The lowest BCUT2D eigenvalue weighted by molar-refractivity contribution is 0.0941. The minimum atomic E-state index is 0.0207. The Balaban J connectivity index is 1.77. The zero-order chi connectivity index (χ0) is 12.5. The second-order valence-corrected chi connectivity index (χ2v) is 6.83. The van der Waals surface area contributed by atoms with E-state index in [1.807, 2.05) is 18.2 Å². The zero-order valence-corrected chi connectivity index (χ0v) is 12.1. The summed E-state index contributed by atoms with van der Waals surface area (Å²) in [7, 11) is 0. The van der Waals surface area contributed by atoms with Crippen LogP contribution in [0.1, 0.15) is 33.3 Å². The van der Waals surface area contributed by atoms with Crippen LogP contribution in [0.4, 0.5) is 0 Å². The fraction of sp³-hybridized carbons (Fsp3) is 0.214. The molecule has 2 aromatic rings. The zero-order valence-electron chi connectivity index (χ0n) is 9.65. The topological polar surface area (TPSA) is 29.1 Å². The molecule has 0 spiro atoms. The van der Waals surface area contributed by atoms with Gasteiger partial charge in [-0.05, 0) is 52.0 Å². The van der Waals surface area contributed by atoms with Gasteiger partial charge in [-0.2, -0.15) is 0 Å². The van der Waals surface area contributed by atoms with Crippen molar-refractivity contribution >= 4 is 33.2 Å². The summed E-state index contributed by atoms with van der Waals surface area (Å²) in [6, 6.07) is 12.3. The van der Waals surface area contributed by atoms with Crippen LogP contribution in [0.25, 0.3) is 0 Å². The van der Waals surface area contributed by atoms with Gasteiger partial charge in [-0.25, -0.2) is 0 Å². The molecule has 3 rings (SSSR count). The number of nitrogens with one attached hydrogen (secondary N) is 1. The van der Waals surface area contributed by atoms with Crippen molar-refractivity contribution in [1.82, 2.24) is 5.32 Å². The molecular formula is C14H12BrNOS. The molecule has 0 fully saturated rings. The lowest BCUT2D eigenvalue weighted by Gasteiger charge is -2.13. The first-order chi connectivity index (χ1) is 8.74. The Morgan fingerprint density at radius 2 is 2.11 bits per heavy atom. The van der Waals surface area contributed by atoms with Gasteiger partial charge in [0.25, 0.3) is 5.91 Å². The lowest BCUT2D eigenvalue weighted by atomic mass is 10.1. The van der Waals surface area contributed by atoms with Crippen LogP contribution in [0.15, 0.2) is 40.2 Å². The van der Waals surface area contributed by atoms with Gasteiger partial charge in [-0.15, -0.1) is 11.3 Å². The first-order valence-corrected chi connectivity index (χ1v) is 7.49. The summed E-state index contributed by atoms with van der Waals surface area (Å²) in [5.74, 6) is 0.0207. The Hall–Kier alpha value is -1.13. The van der Waals surface area contributed by atoms with Crippen LogP contribution in [-0.2, 0) is 6.42 Å². The van der Waals surface area contributed by atoms with E-state index in [0.717, 1.165) is 21.5 Å². The van der Waals surface area contributed by atoms with Crippen molar-refractivity contribution in [2.24, 2.45) is 0 Å². The molecule has 0 saturated heterocycles. The predicted molar refractivity (Wildman–Crippen MR) is 77.0 cm³/mol. The average molecular weight is 322 g/mol. The fourth-order valence-corrected chi connectivity index (χ4v) is 3.66. The van der Waals surface area contributed by atoms with Crippen molar-refractivity contribution < 1.29 is 4.79 Å². The van der Waals surface area contributed by atoms with E-state index in [1.165, 1.54) is 22.5 Å². The summed E-state index contributed by atoms with van der Waals surface area (Å²) >= 11 is 4.84. The van der Waals surface area contributed by atoms with E-state index in [1.54, 1.807) is 0 Å². The van der Waals surface area contributed by atoms with Gasteiger partial charge in [-0.1, -0.05) is 24.3 Å². The Labute approximate surface area is 118 Å². The molecule has 4 heteroatoms. The Kier molecular flexibility index (Phi) is 3.22. The van der Waals surface area contributed by atoms with Crippen LogP contribution >= 0.6 is 27.3 Å². The number of carbonyl (C=O) groups excluding carboxylic acids is 1. The highest BCUT2D eigenvalue weighted by Gasteiger charge is 2.24. The van der Waals surface area contributed by atoms with Gasteiger partial charge >= 0.3 is 0 Å². The summed E-state index contributed by atoms with van der Waals surface area (Å²) in [5.41, 5.74) is 2.62. The number of hydrogen-bond donors (Lipinski definition) is 1. The first-order valence-electron chi connectivity index (χ1n) is 5.88. The molecule has 1 N–H and O–H groups in total. The molecular weight excluding hydrogens is 310 g/mol. The van der Waals surface area contributed by atoms with Crippen molar-refractivity contribution in [1.29, 1.82) is 0 Å². The molecule has 1 aliphatic rings. The van der Waals surface area contributed by atoms with E-state index in [0.29, 0.717) is 0 Å². The molecule has 1 atom stereocenters. The monoisotopic (exact) mass is 321 g/mol. The second-order valence-electron chi connectivity index (χ2n) is 4.37. The minimum Gasteiger partial charge on any atom is -0.345 e. The minimum absolute atomic E-state index is 0.0207. The highest BCUT2D eigenvalue weighted by atomic mass is 79.9. The summed E-state index contributed by atoms with van der Waals surface area (Å²) < 4.78 is 0.986. The SMILES string of the molecule is O=C(NC1CCc2ccccc21)c1ccc(Br)s1. The summed E-state index contributed by atoms with van der Waals surface area (Å²) in [6.07, 6.45) is 2.05. The quantitative estimate of drug-likeness (QED) is 0.892. The van der Waals surface area contributed by atoms with E-state index in [9.17, 15) is 4.79 Å². The van der Waals surface area contributed by atoms with Gasteiger partial charge in [0.05, 0.1) is 14.7 Å². The maximum atomic E-state index is 12.1. The molecule has 1 aromatic heterocycles. The highest BCUT2D eigenvalue weighted by Crippen LogP contribution is 2.31. The Bertz CT molecular complexity index is 593. The number of amides is 1. The Morgan fingerprint density at radius 1 is 1.28 bits per heavy atom. The molecule has 1 aliphatic carbocycles. The number of halogens is 1. The number of fused-ring (bicyclic) bond motifs is 1. The van der Waals surface area contributed by atoms with Crippen LogP contribution in [-0.4, -0.2) is 5.91 Å². The van der Waals surface area contributed by atoms with Crippen LogP contribution in [0, 0.1) is 0 Å². The summed E-state index contributed by atoms with van der Waals surface area (Å²) in [6.45, 7) is 0. The van der Waals surface area contributed by atoms with Gasteiger partial charge in [0.15, 0.2) is 0 Å². The third kappa shape index (κ3) is 2.22. The first kappa shape index (κ1) is 11.9. The van der Waals surface area contributed by atoms with Crippen LogP contribution in [0.2, 0.25) is 0 Å². The molecule has 1 amide bonds. The van der Waals surface area contributed by atoms with Gasteiger partial charge in [0.1, 0.15) is 0 Å². The van der Waals surface area contributed by atoms with Crippen LogP contribution < -0.4 is 5.32 Å². The largest absolute Gasteiger partial charge is 0.345 e. The third-order valence-corrected chi connectivity index (χ3v) is 4.86. The van der Waals surface area contributed by atoms with Crippen molar-refractivity contribution in [2.75, 3.05) is 0 Å². The molecule has 92 valence electrons. The molecule has 1 heterocycles. The van der Waals surface area contributed by atoms with E-state index < -0.39 is 0 Å². The van der Waals surface area contributed by atoms with Gasteiger partial charge in [0.2, 0.25) is 0 Å². The summed E-state index contributed by atoms with van der Waals surface area (Å²) in [5, 5.41) is 3.12. The van der Waals surface area contributed by atoms with E-state index in [4.69, 9.17) is 0 Å². The number of carbonyl (C=O) groups is 1. The predicted octanol–water partition coefficient (Wildman–Crippen LogP) is 3.93. The summed E-state index contributed by atoms with van der Waals surface area (Å²) in [4.78, 5) is 12.9. The Morgan fingerprint density at radius 3 is 2.89 bits per heavy atom. The molecule has 2 nitrogen and oxygen atoms in total. The second kappa shape index (κ2) is 4.86. The number of rotatable bonds is 2. The molecule has 0 saturated carbocycles. The van der Waals surface area contributed by atoms with E-state index in [2.05, 4.69) is 39.4 Å². The number of aryl methyl sites for hydroxylation is 1. The normalized spacial score (nSPS) is 17.5. The number of benzene rings is 1. The molecule has 1 aromatic carbocycles. The van der Waals surface area contributed by atoms with Crippen molar-refractivity contribution in [3.63, 3.8) is 0 Å². The van der Waals surface area contributed by atoms with Crippen LogP contribution in [0.3, 0.4) is 0 Å². The molecule has 0 bridgehead atoms. The van der Waals surface area contributed by atoms with Crippen molar-refractivity contribution in [3.05, 3.63) is 56.2 Å². The molecule has 0 aliphatic heterocycles. The maximum absolute atomic E-state index is 12.1. The van der Waals surface area contributed by atoms with Crippen LogP contribution in [0.5, 0.6) is 0 Å². The third-order valence-electron chi connectivity index (χ3n) is 3.24. The number of thiophene rings is 1. The van der Waals surface area contributed by atoms with Gasteiger partial charge < -0.3 is 5.32 Å². The smallest absolute Gasteiger partial charge is 0.261 e. The molecule has 18 heavy (non-hydrogen) atoms. The van der Waals surface area contributed by atoms with Gasteiger partial charge in [0, 0.05) is 0 Å². The van der Waals surface area contributed by atoms with Crippen molar-refractivity contribution in [3.8, 4) is 0 Å². The molecule has 0 radical (unpaired) electrons. The standard InChI is InChI=1S/C14H12BrNOS/c15-13-8-7-12(18-13)14(17)16-11-6-5-9-3-1-2-4-10(9)11/h1-4,7-8,11H,5-6H2,(H,16,17). The average Bonchev–Trinajstić information content (AvgIpc) is 2.97. The highest BCUT2D eigenvalue weighted by molar-refractivity contribution is 9.11. The maximum Gasteiger partial charge on any atom is 0.261 e. The van der Waals surface area contributed by atoms with E-state index in [-0.39, 0.29) is 11.9 Å². The molecule has 1 unspecified atom stereocenters. The fourth-order valence-electron chi connectivity index (χ4n) is 2.37. The lowest BCUT2D eigenvalue weighted by Crippen LogP contribution is -2.26. The van der Waals surface area contributed by atoms with Crippen molar-refractivity contribution in [2.45, 2.75) is 18.9 Å². The number of hydrogen-bond acceptors (Lipinski definition) is 2. The van der Waals surface area contributed by atoms with E-state index >= 15 is 0 Å². The van der Waals surface area contributed by atoms with Gasteiger partial charge in [-0.3, -0.25) is 4.79 Å².